The summed E-state index contributed by atoms with van der Waals surface area (Å²) in [5.41, 5.74) is 2.31. The molecule has 1 atom stereocenters. The number of rotatable bonds is 4. The van der Waals surface area contributed by atoms with Crippen molar-refractivity contribution in [1.29, 1.82) is 0 Å². The molecule has 1 N–H and O–H groups in total. The lowest BCUT2D eigenvalue weighted by Gasteiger charge is -2.34. The second kappa shape index (κ2) is 7.84. The average Bonchev–Trinajstić information content (AvgIpc) is 2.98. The molecule has 2 aromatic heterocycles. The lowest BCUT2D eigenvalue weighted by molar-refractivity contribution is -0.114. The van der Waals surface area contributed by atoms with Crippen LogP contribution in [0.3, 0.4) is 0 Å². The topological polar surface area (TPSA) is 58.1 Å². The Morgan fingerprint density at radius 3 is 2.96 bits per heavy atom. The van der Waals surface area contributed by atoms with Gasteiger partial charge in [-0.15, -0.1) is 11.3 Å². The first-order valence-corrected chi connectivity index (χ1v) is 9.08. The van der Waals surface area contributed by atoms with Crippen molar-refractivity contribution in [3.63, 3.8) is 0 Å². The lowest BCUT2D eigenvalue weighted by atomic mass is 9.96. The summed E-state index contributed by atoms with van der Waals surface area (Å²) in [5, 5.41) is 3.37. The molecule has 0 unspecified atom stereocenters. The number of carbonyl (C=O) groups excluding carboxylic acids is 1. The molecular formula is C18H21FN4OS. The fourth-order valence-corrected chi connectivity index (χ4v) is 3.87. The van der Waals surface area contributed by atoms with Crippen LogP contribution in [0.25, 0.3) is 6.08 Å². The zero-order valence-electron chi connectivity index (χ0n) is 14.3. The van der Waals surface area contributed by atoms with E-state index in [1.807, 2.05) is 6.20 Å². The highest BCUT2D eigenvalue weighted by Crippen LogP contribution is 2.27. The van der Waals surface area contributed by atoms with Crippen molar-refractivity contribution in [3.05, 3.63) is 46.5 Å². The van der Waals surface area contributed by atoms with Gasteiger partial charge in [0.25, 0.3) is 0 Å². The molecule has 1 aliphatic rings. The Bertz CT molecular complexity index is 772. The first-order valence-electron chi connectivity index (χ1n) is 8.27. The summed E-state index contributed by atoms with van der Waals surface area (Å²) in [4.78, 5) is 22.6. The second-order valence-corrected chi connectivity index (χ2v) is 7.42. The van der Waals surface area contributed by atoms with Crippen molar-refractivity contribution in [1.82, 2.24) is 14.9 Å². The first-order chi connectivity index (χ1) is 12.0. The number of nitrogens with one attached hydrogen (secondary N) is 1. The van der Waals surface area contributed by atoms with Crippen LogP contribution in [-0.4, -0.2) is 33.4 Å². The van der Waals surface area contributed by atoms with Gasteiger partial charge in [-0.2, -0.15) is 4.39 Å². The molecule has 0 aliphatic carbocycles. The summed E-state index contributed by atoms with van der Waals surface area (Å²) in [6, 6.07) is 3.56. The molecule has 0 aromatic carbocycles. The molecule has 0 bridgehead atoms. The van der Waals surface area contributed by atoms with Crippen molar-refractivity contribution in [3.8, 4) is 0 Å². The average molecular weight is 360 g/mol. The summed E-state index contributed by atoms with van der Waals surface area (Å²) < 4.78 is 12.9. The normalized spacial score (nSPS) is 20.0. The maximum absolute atomic E-state index is 12.9. The van der Waals surface area contributed by atoms with Gasteiger partial charge in [0, 0.05) is 43.3 Å². The van der Waals surface area contributed by atoms with E-state index in [4.69, 9.17) is 0 Å². The van der Waals surface area contributed by atoms with Crippen molar-refractivity contribution in [2.45, 2.75) is 39.3 Å². The summed E-state index contributed by atoms with van der Waals surface area (Å²) in [6.45, 7) is 5.50. The van der Waals surface area contributed by atoms with Gasteiger partial charge in [-0.1, -0.05) is 11.6 Å². The van der Waals surface area contributed by atoms with E-state index < -0.39 is 5.95 Å². The molecule has 0 radical (unpaired) electrons. The summed E-state index contributed by atoms with van der Waals surface area (Å²) >= 11 is 1.52. The van der Waals surface area contributed by atoms with Crippen LogP contribution in [0.2, 0.25) is 0 Å². The van der Waals surface area contributed by atoms with Crippen LogP contribution in [0.15, 0.2) is 30.1 Å². The van der Waals surface area contributed by atoms with Crippen molar-refractivity contribution in [2.24, 2.45) is 0 Å². The zero-order chi connectivity index (χ0) is 17.8. The molecular weight excluding hydrogens is 339 g/mol. The van der Waals surface area contributed by atoms with Crippen LogP contribution in [0.4, 0.5) is 9.52 Å². The Labute approximate surface area is 150 Å². The molecule has 0 saturated carbocycles. The predicted octanol–water partition coefficient (Wildman–Crippen LogP) is 3.70. The SMILES string of the molecule is CC(=O)Nc1ncc(CN2CCC(=Cc3ccc(F)nc3)C[C@@H]2C)s1. The minimum atomic E-state index is -0.450. The van der Waals surface area contributed by atoms with E-state index in [1.54, 1.807) is 12.3 Å². The molecule has 25 heavy (non-hydrogen) atoms. The minimum Gasteiger partial charge on any atom is -0.302 e. The van der Waals surface area contributed by atoms with E-state index in [9.17, 15) is 9.18 Å². The smallest absolute Gasteiger partial charge is 0.223 e. The molecule has 2 aromatic rings. The summed E-state index contributed by atoms with van der Waals surface area (Å²) in [5.74, 6) is -0.550. The number of amides is 1. The van der Waals surface area contributed by atoms with Gasteiger partial charge in [-0.05, 0) is 37.5 Å². The Balaban J connectivity index is 1.59. The van der Waals surface area contributed by atoms with Gasteiger partial charge in [-0.3, -0.25) is 9.69 Å². The number of aromatic nitrogens is 2. The van der Waals surface area contributed by atoms with Crippen molar-refractivity contribution in [2.75, 3.05) is 11.9 Å². The van der Waals surface area contributed by atoms with E-state index in [0.29, 0.717) is 11.2 Å². The van der Waals surface area contributed by atoms with Gasteiger partial charge < -0.3 is 5.32 Å². The van der Waals surface area contributed by atoms with Crippen LogP contribution >= 0.6 is 11.3 Å². The third kappa shape index (κ3) is 4.93. The first kappa shape index (κ1) is 17.7. The Morgan fingerprint density at radius 2 is 2.28 bits per heavy atom. The number of pyridine rings is 1. The number of hydrogen-bond donors (Lipinski definition) is 1. The number of carbonyl (C=O) groups is 1. The van der Waals surface area contributed by atoms with Crippen LogP contribution in [0, 0.1) is 5.95 Å². The highest BCUT2D eigenvalue weighted by Gasteiger charge is 2.22. The number of anilines is 1. The fourth-order valence-electron chi connectivity index (χ4n) is 2.98. The summed E-state index contributed by atoms with van der Waals surface area (Å²) in [7, 11) is 0. The lowest BCUT2D eigenvalue weighted by Crippen LogP contribution is -2.37. The number of piperidine rings is 1. The summed E-state index contributed by atoms with van der Waals surface area (Å²) in [6.07, 6.45) is 7.48. The monoisotopic (exact) mass is 360 g/mol. The maximum atomic E-state index is 12.9. The van der Waals surface area contributed by atoms with Gasteiger partial charge in [-0.25, -0.2) is 9.97 Å². The molecule has 3 rings (SSSR count). The van der Waals surface area contributed by atoms with E-state index in [1.165, 1.54) is 29.9 Å². The van der Waals surface area contributed by atoms with Crippen LogP contribution in [-0.2, 0) is 11.3 Å². The van der Waals surface area contributed by atoms with Crippen LogP contribution < -0.4 is 5.32 Å². The predicted molar refractivity (Wildman–Crippen MR) is 97.7 cm³/mol. The van der Waals surface area contributed by atoms with E-state index in [-0.39, 0.29) is 5.91 Å². The van der Waals surface area contributed by atoms with Crippen LogP contribution in [0.5, 0.6) is 0 Å². The minimum absolute atomic E-state index is 0.0997. The maximum Gasteiger partial charge on any atom is 0.223 e. The highest BCUT2D eigenvalue weighted by molar-refractivity contribution is 7.15. The van der Waals surface area contributed by atoms with Gasteiger partial charge in [0.05, 0.1) is 0 Å². The van der Waals surface area contributed by atoms with E-state index >= 15 is 0 Å². The molecule has 1 fully saturated rings. The van der Waals surface area contributed by atoms with Crippen LogP contribution in [0.1, 0.15) is 37.1 Å². The standard InChI is InChI=1S/C18H21FN4OS/c1-12-7-14(8-15-3-4-17(19)20-9-15)5-6-23(12)11-16-10-21-18(25-16)22-13(2)24/h3-4,8-10,12H,5-7,11H2,1-2H3,(H,21,22,24)/t12-/m0/s1. The number of thiazole rings is 1. The van der Waals surface area contributed by atoms with E-state index in [0.717, 1.165) is 36.4 Å². The Hall–Kier alpha value is -2.12. The largest absolute Gasteiger partial charge is 0.302 e. The highest BCUT2D eigenvalue weighted by atomic mass is 32.1. The molecule has 5 nitrogen and oxygen atoms in total. The van der Waals surface area contributed by atoms with Gasteiger partial charge in [0.2, 0.25) is 11.9 Å². The molecule has 7 heteroatoms. The van der Waals surface area contributed by atoms with Gasteiger partial charge >= 0.3 is 0 Å². The number of hydrogen-bond acceptors (Lipinski definition) is 5. The zero-order valence-corrected chi connectivity index (χ0v) is 15.1. The fraction of sp³-hybridized carbons (Fsp3) is 0.389. The van der Waals surface area contributed by atoms with Crippen molar-refractivity contribution >= 4 is 28.5 Å². The molecule has 1 saturated heterocycles. The van der Waals surface area contributed by atoms with Gasteiger partial charge in [0.15, 0.2) is 5.13 Å². The molecule has 1 amide bonds. The van der Waals surface area contributed by atoms with E-state index in [2.05, 4.69) is 33.2 Å². The second-order valence-electron chi connectivity index (χ2n) is 6.30. The number of halogens is 1. The number of nitrogens with zero attached hydrogens (tertiary/aromatic N) is 3. The third-order valence-corrected chi connectivity index (χ3v) is 5.12. The van der Waals surface area contributed by atoms with Crippen molar-refractivity contribution < 1.29 is 9.18 Å². The van der Waals surface area contributed by atoms with Gasteiger partial charge in [0.1, 0.15) is 0 Å². The Kier molecular flexibility index (Phi) is 5.55. The Morgan fingerprint density at radius 1 is 1.44 bits per heavy atom. The third-order valence-electron chi connectivity index (χ3n) is 4.22. The molecule has 0 spiro atoms. The number of likely N-dealkylation sites (tertiary alicyclic amines) is 1. The quantitative estimate of drug-likeness (QED) is 0.845. The molecule has 3 heterocycles. The molecule has 1 aliphatic heterocycles. The molecule has 132 valence electrons.